The third kappa shape index (κ3) is 0.815. The van der Waals surface area contributed by atoms with Crippen LogP contribution in [-0.4, -0.2) is 0 Å². The van der Waals surface area contributed by atoms with Gasteiger partial charge in [-0.25, -0.2) is 0 Å². The molecule has 0 N–H and O–H groups in total. The molecule has 1 fully saturated rings. The molecule has 2 atom stereocenters. The summed E-state index contributed by atoms with van der Waals surface area (Å²) in [5, 5.41) is 0. The fourth-order valence-corrected chi connectivity index (χ4v) is 3.17. The van der Waals surface area contributed by atoms with Crippen LogP contribution in [-0.2, 0) is 6.42 Å². The van der Waals surface area contributed by atoms with Crippen LogP contribution in [0.25, 0.3) is 0 Å². The Morgan fingerprint density at radius 3 is 2.77 bits per heavy atom. The maximum atomic E-state index is 2.38. The van der Waals surface area contributed by atoms with Crippen molar-refractivity contribution in [2.24, 2.45) is 11.3 Å². The maximum absolute atomic E-state index is 2.38. The molecule has 1 aromatic carbocycles. The molecule has 68 valence electrons. The molecular weight excluding hydrogens is 156 g/mol. The quantitative estimate of drug-likeness (QED) is 0.609. The Morgan fingerprint density at radius 2 is 2.08 bits per heavy atom. The average Bonchev–Trinajstić information content (AvgIpc) is 2.76. The monoisotopic (exact) mass is 172 g/mol. The Bertz CT molecular complexity index is 351. The van der Waals surface area contributed by atoms with Crippen LogP contribution in [0.4, 0.5) is 0 Å². The number of rotatable bonds is 1. The number of fused-ring (bicyclic) bond motifs is 3. The van der Waals surface area contributed by atoms with Crippen molar-refractivity contribution in [3.05, 3.63) is 35.4 Å². The summed E-state index contributed by atoms with van der Waals surface area (Å²) in [6.45, 7) is 4.76. The minimum atomic E-state index is 0.670. The molecule has 0 spiro atoms. The standard InChI is InChI=1S/C13H16/c1-9(2)13-7-10-5-3-4-6-11(10)12(13)8-13/h3-6,9,12H,7-8H2,1-2H3. The summed E-state index contributed by atoms with van der Waals surface area (Å²) in [7, 11) is 0. The lowest BCUT2D eigenvalue weighted by atomic mass is 9.89. The molecule has 13 heavy (non-hydrogen) atoms. The van der Waals surface area contributed by atoms with Crippen LogP contribution >= 0.6 is 0 Å². The summed E-state index contributed by atoms with van der Waals surface area (Å²) in [5.74, 6) is 1.76. The fourth-order valence-electron chi connectivity index (χ4n) is 3.17. The maximum Gasteiger partial charge on any atom is -0.00910 e. The second-order valence-corrected chi connectivity index (χ2v) is 5.02. The van der Waals surface area contributed by atoms with Crippen molar-refractivity contribution in [1.29, 1.82) is 0 Å². The van der Waals surface area contributed by atoms with Gasteiger partial charge in [-0.2, -0.15) is 0 Å². The molecule has 1 saturated carbocycles. The minimum absolute atomic E-state index is 0.670. The molecule has 0 nitrogen and oxygen atoms in total. The first-order valence-corrected chi connectivity index (χ1v) is 5.32. The van der Waals surface area contributed by atoms with E-state index in [1.807, 2.05) is 0 Å². The van der Waals surface area contributed by atoms with E-state index in [0.717, 1.165) is 11.8 Å². The highest BCUT2D eigenvalue weighted by atomic mass is 14.6. The van der Waals surface area contributed by atoms with E-state index in [2.05, 4.69) is 38.1 Å². The molecule has 2 aliphatic rings. The lowest BCUT2D eigenvalue weighted by molar-refractivity contribution is 0.360. The van der Waals surface area contributed by atoms with Crippen molar-refractivity contribution < 1.29 is 0 Å². The molecule has 0 saturated heterocycles. The molecule has 0 aromatic heterocycles. The largest absolute Gasteiger partial charge is 0.0622 e. The minimum Gasteiger partial charge on any atom is -0.0622 e. The summed E-state index contributed by atoms with van der Waals surface area (Å²) >= 11 is 0. The fraction of sp³-hybridized carbons (Fsp3) is 0.538. The predicted octanol–water partition coefficient (Wildman–Crippen LogP) is 3.37. The highest BCUT2D eigenvalue weighted by molar-refractivity contribution is 5.45. The summed E-state index contributed by atoms with van der Waals surface area (Å²) in [5.41, 5.74) is 3.94. The molecule has 0 heterocycles. The van der Waals surface area contributed by atoms with Gasteiger partial charge in [-0.05, 0) is 41.2 Å². The van der Waals surface area contributed by atoms with Gasteiger partial charge in [0.25, 0.3) is 0 Å². The van der Waals surface area contributed by atoms with E-state index in [0.29, 0.717) is 5.41 Å². The van der Waals surface area contributed by atoms with E-state index in [1.165, 1.54) is 12.8 Å². The lowest BCUT2D eigenvalue weighted by Crippen LogP contribution is -2.10. The van der Waals surface area contributed by atoms with Crippen molar-refractivity contribution in [3.8, 4) is 0 Å². The van der Waals surface area contributed by atoms with Crippen LogP contribution in [0, 0.1) is 11.3 Å². The second kappa shape index (κ2) is 2.17. The molecule has 2 aliphatic carbocycles. The van der Waals surface area contributed by atoms with E-state index in [4.69, 9.17) is 0 Å². The van der Waals surface area contributed by atoms with Gasteiger partial charge in [-0.1, -0.05) is 38.1 Å². The number of benzene rings is 1. The van der Waals surface area contributed by atoms with Crippen molar-refractivity contribution in [2.45, 2.75) is 32.6 Å². The zero-order chi connectivity index (χ0) is 9.05. The van der Waals surface area contributed by atoms with Gasteiger partial charge in [-0.15, -0.1) is 0 Å². The zero-order valence-corrected chi connectivity index (χ0v) is 8.38. The summed E-state index contributed by atoms with van der Waals surface area (Å²) in [4.78, 5) is 0. The molecule has 3 rings (SSSR count). The van der Waals surface area contributed by atoms with E-state index in [1.54, 1.807) is 11.1 Å². The molecule has 0 heteroatoms. The Kier molecular flexibility index (Phi) is 1.27. The first-order chi connectivity index (χ1) is 6.24. The van der Waals surface area contributed by atoms with Gasteiger partial charge in [0.15, 0.2) is 0 Å². The van der Waals surface area contributed by atoms with Gasteiger partial charge >= 0.3 is 0 Å². The van der Waals surface area contributed by atoms with Gasteiger partial charge in [0.1, 0.15) is 0 Å². The van der Waals surface area contributed by atoms with Gasteiger partial charge in [0, 0.05) is 0 Å². The Labute approximate surface area is 80.0 Å². The van der Waals surface area contributed by atoms with Gasteiger partial charge in [0.2, 0.25) is 0 Å². The van der Waals surface area contributed by atoms with E-state index in [9.17, 15) is 0 Å². The van der Waals surface area contributed by atoms with Gasteiger partial charge < -0.3 is 0 Å². The van der Waals surface area contributed by atoms with E-state index >= 15 is 0 Å². The van der Waals surface area contributed by atoms with Crippen LogP contribution in [0.3, 0.4) is 0 Å². The van der Waals surface area contributed by atoms with Crippen LogP contribution in [0.5, 0.6) is 0 Å². The third-order valence-electron chi connectivity index (χ3n) is 4.22. The number of hydrogen-bond donors (Lipinski definition) is 0. The first kappa shape index (κ1) is 7.61. The molecule has 0 radical (unpaired) electrons. The normalized spacial score (nSPS) is 34.5. The average molecular weight is 172 g/mol. The SMILES string of the molecule is CC(C)C12Cc3ccccc3C1C2. The predicted molar refractivity (Wildman–Crippen MR) is 54.8 cm³/mol. The Hall–Kier alpha value is -0.780. The Balaban J connectivity index is 2.04. The summed E-state index contributed by atoms with van der Waals surface area (Å²) < 4.78 is 0. The van der Waals surface area contributed by atoms with Gasteiger partial charge in [0.05, 0.1) is 0 Å². The topological polar surface area (TPSA) is 0 Å². The molecule has 0 amide bonds. The van der Waals surface area contributed by atoms with Crippen molar-refractivity contribution in [1.82, 2.24) is 0 Å². The first-order valence-electron chi connectivity index (χ1n) is 5.32. The van der Waals surface area contributed by atoms with Crippen LogP contribution in [0.15, 0.2) is 24.3 Å². The molecule has 1 aromatic rings. The van der Waals surface area contributed by atoms with Gasteiger partial charge in [-0.3, -0.25) is 0 Å². The van der Waals surface area contributed by atoms with Crippen molar-refractivity contribution in [3.63, 3.8) is 0 Å². The van der Waals surface area contributed by atoms with E-state index < -0.39 is 0 Å². The molecular formula is C13H16. The summed E-state index contributed by atoms with van der Waals surface area (Å²) in [6, 6.07) is 9.01. The lowest BCUT2D eigenvalue weighted by Gasteiger charge is -2.16. The molecule has 0 bridgehead atoms. The highest BCUT2D eigenvalue weighted by Gasteiger charge is 2.60. The van der Waals surface area contributed by atoms with Crippen LogP contribution in [0.1, 0.15) is 37.3 Å². The second-order valence-electron chi connectivity index (χ2n) is 5.02. The highest BCUT2D eigenvalue weighted by Crippen LogP contribution is 2.70. The third-order valence-corrected chi connectivity index (χ3v) is 4.22. The number of hydrogen-bond acceptors (Lipinski definition) is 0. The Morgan fingerprint density at radius 1 is 1.31 bits per heavy atom. The van der Waals surface area contributed by atoms with Crippen LogP contribution < -0.4 is 0 Å². The summed E-state index contributed by atoms with van der Waals surface area (Å²) in [6.07, 6.45) is 2.78. The molecule has 0 aliphatic heterocycles. The van der Waals surface area contributed by atoms with Crippen LogP contribution in [0.2, 0.25) is 0 Å². The van der Waals surface area contributed by atoms with E-state index in [-0.39, 0.29) is 0 Å². The van der Waals surface area contributed by atoms with Crippen molar-refractivity contribution >= 4 is 0 Å². The smallest absolute Gasteiger partial charge is 0.00910 e. The van der Waals surface area contributed by atoms with Crippen molar-refractivity contribution in [2.75, 3.05) is 0 Å². The molecule has 2 unspecified atom stereocenters. The zero-order valence-electron chi connectivity index (χ0n) is 8.38.